The summed E-state index contributed by atoms with van der Waals surface area (Å²) in [6.07, 6.45) is -2.46. The molecular formula is C11H15N3O2. The number of rotatable bonds is 3. The summed E-state index contributed by atoms with van der Waals surface area (Å²) in [5.74, 6) is -0.700. The Hall–Kier alpha value is -1.77. The smallest absolute Gasteiger partial charge is 0.110 e. The predicted octanol–water partition coefficient (Wildman–Crippen LogP) is 0.405. The Labute approximate surface area is 93.9 Å². The van der Waals surface area contributed by atoms with Crippen LogP contribution in [0.25, 0.3) is 0 Å². The van der Waals surface area contributed by atoms with Crippen LogP contribution in [0, 0.1) is 17.2 Å². The van der Waals surface area contributed by atoms with Gasteiger partial charge in [0.15, 0.2) is 0 Å². The van der Waals surface area contributed by atoms with Gasteiger partial charge in [0.05, 0.1) is 18.1 Å². The van der Waals surface area contributed by atoms with Crippen molar-refractivity contribution in [2.45, 2.75) is 19.1 Å². The van der Waals surface area contributed by atoms with Gasteiger partial charge < -0.3 is 21.7 Å². The number of benzene rings is 1. The maximum Gasteiger partial charge on any atom is 0.110 e. The lowest BCUT2D eigenvalue weighted by molar-refractivity contribution is -0.0000997. The maximum absolute atomic E-state index is 9.89. The first-order valence-electron chi connectivity index (χ1n) is 4.88. The molecule has 0 aliphatic heterocycles. The molecule has 0 aliphatic carbocycles. The first kappa shape index (κ1) is 12.3. The number of anilines is 2. The Bertz CT molecular complexity index is 394. The largest absolute Gasteiger partial charge is 0.398 e. The summed E-state index contributed by atoms with van der Waals surface area (Å²) in [5.41, 5.74) is 12.2. The minimum Gasteiger partial charge on any atom is -0.398 e. The van der Waals surface area contributed by atoms with E-state index in [4.69, 9.17) is 16.7 Å². The van der Waals surface area contributed by atoms with E-state index in [2.05, 4.69) is 0 Å². The van der Waals surface area contributed by atoms with E-state index in [1.165, 1.54) is 6.92 Å². The SMILES string of the molecule is CC(C#N)C(O)C(O)c1c(N)cccc1N. The third-order valence-corrected chi connectivity index (χ3v) is 2.51. The monoisotopic (exact) mass is 221 g/mol. The molecule has 5 heteroatoms. The van der Waals surface area contributed by atoms with Crippen LogP contribution >= 0.6 is 0 Å². The van der Waals surface area contributed by atoms with E-state index >= 15 is 0 Å². The van der Waals surface area contributed by atoms with Crippen LogP contribution in [0.3, 0.4) is 0 Å². The number of nitrogens with zero attached hydrogens (tertiary/aromatic N) is 1. The van der Waals surface area contributed by atoms with Gasteiger partial charge in [-0.15, -0.1) is 0 Å². The van der Waals surface area contributed by atoms with Crippen molar-refractivity contribution in [3.63, 3.8) is 0 Å². The minimum absolute atomic E-state index is 0.275. The number of nitrogens with two attached hydrogens (primary N) is 2. The number of aliphatic hydroxyl groups is 2. The Kier molecular flexibility index (Phi) is 3.72. The van der Waals surface area contributed by atoms with Crippen LogP contribution in [-0.2, 0) is 0 Å². The third-order valence-electron chi connectivity index (χ3n) is 2.51. The van der Waals surface area contributed by atoms with Gasteiger partial charge in [0.2, 0.25) is 0 Å². The van der Waals surface area contributed by atoms with Crippen LogP contribution in [0.15, 0.2) is 18.2 Å². The van der Waals surface area contributed by atoms with E-state index in [1.54, 1.807) is 18.2 Å². The Morgan fingerprint density at radius 1 is 1.25 bits per heavy atom. The van der Waals surface area contributed by atoms with Crippen molar-refractivity contribution in [1.82, 2.24) is 0 Å². The lowest BCUT2D eigenvalue weighted by atomic mass is 9.94. The van der Waals surface area contributed by atoms with Crippen LogP contribution < -0.4 is 11.5 Å². The van der Waals surface area contributed by atoms with Crippen molar-refractivity contribution in [1.29, 1.82) is 5.26 Å². The highest BCUT2D eigenvalue weighted by Crippen LogP contribution is 2.30. The van der Waals surface area contributed by atoms with Gasteiger partial charge in [-0.25, -0.2) is 0 Å². The van der Waals surface area contributed by atoms with Gasteiger partial charge in [-0.2, -0.15) is 5.26 Å². The van der Waals surface area contributed by atoms with Crippen LogP contribution in [0.2, 0.25) is 0 Å². The average Bonchev–Trinajstić information content (AvgIpc) is 2.26. The zero-order chi connectivity index (χ0) is 12.3. The topological polar surface area (TPSA) is 116 Å². The van der Waals surface area contributed by atoms with E-state index in [-0.39, 0.29) is 5.56 Å². The molecule has 0 heterocycles. The Morgan fingerprint density at radius 2 is 1.75 bits per heavy atom. The second-order valence-corrected chi connectivity index (χ2v) is 3.70. The standard InChI is InChI=1S/C11H15N3O2/c1-6(5-12)10(15)11(16)9-7(13)3-2-4-8(9)14/h2-4,6,10-11,15-16H,13-14H2,1H3. The molecule has 0 fully saturated rings. The van der Waals surface area contributed by atoms with Crippen LogP contribution in [0.5, 0.6) is 0 Å². The summed E-state index contributed by atoms with van der Waals surface area (Å²) in [6.45, 7) is 1.52. The van der Waals surface area contributed by atoms with Gasteiger partial charge in [0, 0.05) is 16.9 Å². The van der Waals surface area contributed by atoms with Gasteiger partial charge in [0.1, 0.15) is 6.10 Å². The summed E-state index contributed by atoms with van der Waals surface area (Å²) in [5, 5.41) is 28.3. The molecule has 6 N–H and O–H groups in total. The summed E-state index contributed by atoms with van der Waals surface area (Å²) >= 11 is 0. The number of hydrogen-bond donors (Lipinski definition) is 4. The van der Waals surface area contributed by atoms with Crippen LogP contribution in [0.4, 0.5) is 11.4 Å². The predicted molar refractivity (Wildman–Crippen MR) is 61.0 cm³/mol. The highest BCUT2D eigenvalue weighted by molar-refractivity contribution is 5.62. The normalized spacial score (nSPS) is 16.1. The van der Waals surface area contributed by atoms with Crippen molar-refractivity contribution in [3.8, 4) is 6.07 Å². The molecule has 0 saturated heterocycles. The lowest BCUT2D eigenvalue weighted by Crippen LogP contribution is -2.26. The summed E-state index contributed by atoms with van der Waals surface area (Å²) in [4.78, 5) is 0. The van der Waals surface area contributed by atoms with Crippen molar-refractivity contribution >= 4 is 11.4 Å². The van der Waals surface area contributed by atoms with Gasteiger partial charge in [0.25, 0.3) is 0 Å². The number of nitriles is 1. The minimum atomic E-state index is -1.25. The van der Waals surface area contributed by atoms with Gasteiger partial charge in [-0.1, -0.05) is 6.07 Å². The van der Waals surface area contributed by atoms with Gasteiger partial charge in [-0.05, 0) is 19.1 Å². The van der Waals surface area contributed by atoms with Crippen molar-refractivity contribution in [2.75, 3.05) is 11.5 Å². The van der Waals surface area contributed by atoms with E-state index in [9.17, 15) is 10.2 Å². The average molecular weight is 221 g/mol. The second kappa shape index (κ2) is 4.84. The quantitative estimate of drug-likeness (QED) is 0.551. The van der Waals surface area contributed by atoms with Crippen molar-refractivity contribution < 1.29 is 10.2 Å². The molecule has 0 amide bonds. The molecule has 1 aromatic carbocycles. The highest BCUT2D eigenvalue weighted by atomic mass is 16.3. The van der Waals surface area contributed by atoms with E-state index in [0.29, 0.717) is 11.4 Å². The molecule has 0 saturated carbocycles. The Balaban J connectivity index is 3.06. The molecule has 5 nitrogen and oxygen atoms in total. The molecule has 0 bridgehead atoms. The summed E-state index contributed by atoms with van der Waals surface area (Å²) in [7, 11) is 0. The fraction of sp³-hybridized carbons (Fsp3) is 0.364. The van der Waals surface area contributed by atoms with E-state index in [1.807, 2.05) is 6.07 Å². The van der Waals surface area contributed by atoms with Crippen molar-refractivity contribution in [2.24, 2.45) is 5.92 Å². The summed E-state index contributed by atoms with van der Waals surface area (Å²) < 4.78 is 0. The molecule has 86 valence electrons. The molecule has 0 radical (unpaired) electrons. The van der Waals surface area contributed by atoms with E-state index in [0.717, 1.165) is 0 Å². The molecular weight excluding hydrogens is 206 g/mol. The van der Waals surface area contributed by atoms with Gasteiger partial charge >= 0.3 is 0 Å². The molecule has 3 unspecified atom stereocenters. The lowest BCUT2D eigenvalue weighted by Gasteiger charge is -2.22. The second-order valence-electron chi connectivity index (χ2n) is 3.70. The number of nitrogen functional groups attached to an aromatic ring is 2. The Morgan fingerprint density at radius 3 is 2.19 bits per heavy atom. The summed E-state index contributed by atoms with van der Waals surface area (Å²) in [6, 6.07) is 6.68. The maximum atomic E-state index is 9.89. The zero-order valence-corrected chi connectivity index (χ0v) is 8.96. The molecule has 0 aromatic heterocycles. The van der Waals surface area contributed by atoms with Crippen LogP contribution in [0.1, 0.15) is 18.6 Å². The van der Waals surface area contributed by atoms with E-state index < -0.39 is 18.1 Å². The first-order valence-corrected chi connectivity index (χ1v) is 4.88. The fourth-order valence-corrected chi connectivity index (χ4v) is 1.46. The molecule has 16 heavy (non-hydrogen) atoms. The van der Waals surface area contributed by atoms with Gasteiger partial charge in [-0.3, -0.25) is 0 Å². The number of hydrogen-bond acceptors (Lipinski definition) is 5. The molecule has 0 aliphatic rings. The zero-order valence-electron chi connectivity index (χ0n) is 8.96. The fourth-order valence-electron chi connectivity index (χ4n) is 1.46. The molecule has 1 rings (SSSR count). The molecule has 1 aromatic rings. The van der Waals surface area contributed by atoms with Crippen LogP contribution in [-0.4, -0.2) is 16.3 Å². The number of aliphatic hydroxyl groups excluding tert-OH is 2. The molecule has 3 atom stereocenters. The van der Waals surface area contributed by atoms with Crippen molar-refractivity contribution in [3.05, 3.63) is 23.8 Å². The highest BCUT2D eigenvalue weighted by Gasteiger charge is 2.27. The third kappa shape index (κ3) is 2.24. The molecule has 0 spiro atoms. The first-order chi connectivity index (χ1) is 7.49.